The monoisotopic (exact) mass is 391 g/mol. The minimum atomic E-state index is 0.422. The van der Waals surface area contributed by atoms with E-state index in [1.807, 2.05) is 18.2 Å². The number of anilines is 3. The van der Waals surface area contributed by atoms with Crippen molar-refractivity contribution in [1.82, 2.24) is 9.97 Å². The van der Waals surface area contributed by atoms with Gasteiger partial charge in [-0.25, -0.2) is 9.97 Å². The van der Waals surface area contributed by atoms with Gasteiger partial charge in [-0.3, -0.25) is 0 Å². The van der Waals surface area contributed by atoms with Crippen LogP contribution in [0.5, 0.6) is 0 Å². The first-order chi connectivity index (χ1) is 13.7. The van der Waals surface area contributed by atoms with Crippen molar-refractivity contribution < 1.29 is 4.74 Å². The molecule has 0 bridgehead atoms. The molecular formula is C21H18ClN5O. The lowest BCUT2D eigenvalue weighted by molar-refractivity contribution is 0.122. The van der Waals surface area contributed by atoms with Gasteiger partial charge in [0.25, 0.3) is 0 Å². The van der Waals surface area contributed by atoms with Crippen LogP contribution in [0.15, 0.2) is 54.7 Å². The van der Waals surface area contributed by atoms with Gasteiger partial charge in [-0.15, -0.1) is 0 Å². The maximum Gasteiger partial charge on any atom is 0.227 e. The zero-order valence-electron chi connectivity index (χ0n) is 15.1. The number of hydrogen-bond donors (Lipinski definition) is 1. The van der Waals surface area contributed by atoms with Crippen LogP contribution in [0.2, 0.25) is 5.02 Å². The molecule has 2 heterocycles. The highest BCUT2D eigenvalue weighted by Crippen LogP contribution is 2.25. The maximum absolute atomic E-state index is 9.17. The first-order valence-corrected chi connectivity index (χ1v) is 9.33. The number of benzene rings is 2. The van der Waals surface area contributed by atoms with E-state index in [4.69, 9.17) is 21.6 Å². The summed E-state index contributed by atoms with van der Waals surface area (Å²) in [6.07, 6.45) is 1.69. The van der Waals surface area contributed by atoms with E-state index in [0.717, 1.165) is 43.2 Å². The van der Waals surface area contributed by atoms with E-state index in [1.54, 1.807) is 24.4 Å². The number of aromatic nitrogens is 2. The molecule has 6 nitrogen and oxygen atoms in total. The lowest BCUT2D eigenvalue weighted by Gasteiger charge is -2.28. The van der Waals surface area contributed by atoms with Gasteiger partial charge < -0.3 is 15.0 Å². The van der Waals surface area contributed by atoms with Gasteiger partial charge in [0.15, 0.2) is 0 Å². The zero-order valence-corrected chi connectivity index (χ0v) is 15.9. The molecule has 0 radical (unpaired) electrons. The van der Waals surface area contributed by atoms with E-state index in [1.165, 1.54) is 5.69 Å². The number of nitrogens with zero attached hydrogens (tertiary/aromatic N) is 4. The number of nitriles is 1. The highest BCUT2D eigenvalue weighted by molar-refractivity contribution is 6.31. The molecule has 1 fully saturated rings. The molecule has 2 aromatic carbocycles. The van der Waals surface area contributed by atoms with Gasteiger partial charge in [-0.05, 0) is 42.5 Å². The largest absolute Gasteiger partial charge is 0.378 e. The molecule has 1 aliphatic heterocycles. The Balaban J connectivity index is 1.51. The fourth-order valence-electron chi connectivity index (χ4n) is 3.06. The number of nitrogens with one attached hydrogen (secondary N) is 1. The molecule has 0 spiro atoms. The van der Waals surface area contributed by atoms with Gasteiger partial charge in [0, 0.05) is 36.2 Å². The van der Waals surface area contributed by atoms with Crippen LogP contribution in [0.25, 0.3) is 11.3 Å². The first-order valence-electron chi connectivity index (χ1n) is 8.96. The maximum atomic E-state index is 9.17. The molecule has 28 heavy (non-hydrogen) atoms. The van der Waals surface area contributed by atoms with E-state index < -0.39 is 0 Å². The van der Waals surface area contributed by atoms with Crippen molar-refractivity contribution in [3.8, 4) is 17.3 Å². The van der Waals surface area contributed by atoms with E-state index in [-0.39, 0.29) is 0 Å². The minimum absolute atomic E-state index is 0.422. The normalized spacial score (nSPS) is 13.8. The Bertz CT molecular complexity index is 1010. The average Bonchev–Trinajstić information content (AvgIpc) is 2.75. The molecule has 0 unspecified atom stereocenters. The Kier molecular flexibility index (Phi) is 5.38. The molecule has 1 aromatic heterocycles. The Morgan fingerprint density at radius 1 is 1.07 bits per heavy atom. The summed E-state index contributed by atoms with van der Waals surface area (Å²) in [5.41, 5.74) is 4.03. The van der Waals surface area contributed by atoms with E-state index in [0.29, 0.717) is 16.5 Å². The molecule has 0 aliphatic carbocycles. The highest BCUT2D eigenvalue weighted by atomic mass is 35.5. The SMILES string of the molecule is N#Cc1cc(-c2ccnc(Nc3ccc(N4CCOCC4)cc3)n2)ccc1Cl. The van der Waals surface area contributed by atoms with Crippen LogP contribution in [0.4, 0.5) is 17.3 Å². The summed E-state index contributed by atoms with van der Waals surface area (Å²) in [5.74, 6) is 0.491. The summed E-state index contributed by atoms with van der Waals surface area (Å²) in [5, 5.41) is 12.8. The Morgan fingerprint density at radius 3 is 2.61 bits per heavy atom. The van der Waals surface area contributed by atoms with Gasteiger partial charge >= 0.3 is 0 Å². The van der Waals surface area contributed by atoms with Crippen molar-refractivity contribution >= 4 is 28.9 Å². The Morgan fingerprint density at radius 2 is 1.86 bits per heavy atom. The molecule has 3 aromatic rings. The summed E-state index contributed by atoms with van der Waals surface area (Å²) in [7, 11) is 0. The molecule has 0 saturated carbocycles. The van der Waals surface area contributed by atoms with E-state index in [2.05, 4.69) is 38.4 Å². The predicted molar refractivity (Wildman–Crippen MR) is 110 cm³/mol. The molecule has 1 N–H and O–H groups in total. The van der Waals surface area contributed by atoms with Crippen LogP contribution in [0, 0.1) is 11.3 Å². The quantitative estimate of drug-likeness (QED) is 0.716. The lowest BCUT2D eigenvalue weighted by Crippen LogP contribution is -2.36. The number of rotatable bonds is 4. The third-order valence-electron chi connectivity index (χ3n) is 4.54. The highest BCUT2D eigenvalue weighted by Gasteiger charge is 2.11. The summed E-state index contributed by atoms with van der Waals surface area (Å²) in [6.45, 7) is 3.34. The fraction of sp³-hybridized carbons (Fsp3) is 0.190. The number of ether oxygens (including phenoxy) is 1. The second-order valence-electron chi connectivity index (χ2n) is 6.34. The van der Waals surface area contributed by atoms with Gasteiger partial charge in [0.2, 0.25) is 5.95 Å². The lowest BCUT2D eigenvalue weighted by atomic mass is 10.1. The second kappa shape index (κ2) is 8.26. The smallest absolute Gasteiger partial charge is 0.227 e. The van der Waals surface area contributed by atoms with E-state index in [9.17, 15) is 0 Å². The van der Waals surface area contributed by atoms with Gasteiger partial charge in [0.05, 0.1) is 29.5 Å². The fourth-order valence-corrected chi connectivity index (χ4v) is 3.22. The third-order valence-corrected chi connectivity index (χ3v) is 4.87. The van der Waals surface area contributed by atoms with Crippen LogP contribution >= 0.6 is 11.6 Å². The van der Waals surface area contributed by atoms with Crippen molar-refractivity contribution in [3.05, 3.63) is 65.3 Å². The van der Waals surface area contributed by atoms with Gasteiger partial charge in [-0.2, -0.15) is 5.26 Å². The second-order valence-corrected chi connectivity index (χ2v) is 6.75. The van der Waals surface area contributed by atoms with Crippen LogP contribution in [-0.2, 0) is 4.74 Å². The average molecular weight is 392 g/mol. The Hall–Kier alpha value is -3.14. The van der Waals surface area contributed by atoms with Crippen LogP contribution in [0.1, 0.15) is 5.56 Å². The first kappa shape index (κ1) is 18.2. The molecule has 0 amide bonds. The van der Waals surface area contributed by atoms with Crippen LogP contribution < -0.4 is 10.2 Å². The molecular weight excluding hydrogens is 374 g/mol. The zero-order chi connectivity index (χ0) is 19.3. The van der Waals surface area contributed by atoms with Gasteiger partial charge in [0.1, 0.15) is 6.07 Å². The summed E-state index contributed by atoms with van der Waals surface area (Å²) in [6, 6.07) is 17.3. The van der Waals surface area contributed by atoms with Crippen molar-refractivity contribution in [1.29, 1.82) is 5.26 Å². The number of morpholine rings is 1. The predicted octanol–water partition coefficient (Wildman–Crippen LogP) is 4.25. The number of halogens is 1. The Labute approximate surface area is 168 Å². The number of hydrogen-bond acceptors (Lipinski definition) is 6. The molecule has 140 valence electrons. The minimum Gasteiger partial charge on any atom is -0.378 e. The molecule has 7 heteroatoms. The van der Waals surface area contributed by atoms with Crippen LogP contribution in [-0.4, -0.2) is 36.3 Å². The summed E-state index contributed by atoms with van der Waals surface area (Å²) in [4.78, 5) is 11.1. The molecule has 4 rings (SSSR count). The topological polar surface area (TPSA) is 74.1 Å². The van der Waals surface area contributed by atoms with Crippen molar-refractivity contribution in [3.63, 3.8) is 0 Å². The van der Waals surface area contributed by atoms with Crippen molar-refractivity contribution in [2.75, 3.05) is 36.5 Å². The van der Waals surface area contributed by atoms with Gasteiger partial charge in [-0.1, -0.05) is 17.7 Å². The summed E-state index contributed by atoms with van der Waals surface area (Å²) >= 11 is 6.01. The summed E-state index contributed by atoms with van der Waals surface area (Å²) < 4.78 is 5.40. The van der Waals surface area contributed by atoms with E-state index >= 15 is 0 Å². The molecule has 1 saturated heterocycles. The van der Waals surface area contributed by atoms with Crippen LogP contribution in [0.3, 0.4) is 0 Å². The van der Waals surface area contributed by atoms with Crippen molar-refractivity contribution in [2.45, 2.75) is 0 Å². The van der Waals surface area contributed by atoms with Crippen molar-refractivity contribution in [2.24, 2.45) is 0 Å². The molecule has 1 aliphatic rings. The third kappa shape index (κ3) is 4.06. The molecule has 0 atom stereocenters. The standard InChI is InChI=1S/C21H18ClN5O/c22-19-6-1-15(13-16(19)14-23)20-7-8-24-21(26-20)25-17-2-4-18(5-3-17)27-9-11-28-12-10-27/h1-8,13H,9-12H2,(H,24,25,26).